The van der Waals surface area contributed by atoms with Crippen molar-refractivity contribution in [3.8, 4) is 0 Å². The van der Waals surface area contributed by atoms with Crippen LogP contribution in [0.5, 0.6) is 0 Å². The predicted molar refractivity (Wildman–Crippen MR) is 78.5 cm³/mol. The SMILES string of the molecule is Cc1c(I)nn(COCC[Si](C)(C)C)c1C. The number of ether oxygens (including phenoxy) is 1. The van der Waals surface area contributed by atoms with E-state index in [9.17, 15) is 0 Å². The van der Waals surface area contributed by atoms with Gasteiger partial charge in [0.2, 0.25) is 0 Å². The molecule has 1 aromatic heterocycles. The lowest BCUT2D eigenvalue weighted by molar-refractivity contribution is 0.0768. The molecule has 0 aliphatic heterocycles. The molecule has 1 rings (SSSR count). The molecule has 0 aliphatic carbocycles. The topological polar surface area (TPSA) is 27.1 Å². The number of aromatic nitrogens is 2. The van der Waals surface area contributed by atoms with Crippen LogP contribution < -0.4 is 0 Å². The molecule has 0 spiro atoms. The summed E-state index contributed by atoms with van der Waals surface area (Å²) in [6.07, 6.45) is 0. The highest BCUT2D eigenvalue weighted by atomic mass is 127. The van der Waals surface area contributed by atoms with Gasteiger partial charge in [0.25, 0.3) is 0 Å². The van der Waals surface area contributed by atoms with E-state index in [1.165, 1.54) is 17.3 Å². The van der Waals surface area contributed by atoms with Gasteiger partial charge in [-0.05, 0) is 42.5 Å². The van der Waals surface area contributed by atoms with Crippen LogP contribution in [0.2, 0.25) is 25.7 Å². The summed E-state index contributed by atoms with van der Waals surface area (Å²) in [5.74, 6) is 0. The second kappa shape index (κ2) is 5.64. The van der Waals surface area contributed by atoms with Crippen LogP contribution in [0.3, 0.4) is 0 Å². The minimum atomic E-state index is -0.971. The van der Waals surface area contributed by atoms with Crippen LogP contribution in [-0.2, 0) is 11.5 Å². The monoisotopic (exact) mass is 352 g/mol. The summed E-state index contributed by atoms with van der Waals surface area (Å²) < 4.78 is 8.70. The Kier molecular flexibility index (Phi) is 5.00. The number of hydrogen-bond acceptors (Lipinski definition) is 2. The Morgan fingerprint density at radius 2 is 1.94 bits per heavy atom. The molecule has 5 heteroatoms. The highest BCUT2D eigenvalue weighted by Crippen LogP contribution is 2.14. The summed E-state index contributed by atoms with van der Waals surface area (Å²) >= 11 is 2.26. The third kappa shape index (κ3) is 4.18. The first-order valence-corrected chi connectivity index (χ1v) is 10.4. The Hall–Kier alpha value is 0.117. The zero-order valence-electron chi connectivity index (χ0n) is 10.8. The summed E-state index contributed by atoms with van der Waals surface area (Å²) in [6.45, 7) is 12.7. The van der Waals surface area contributed by atoms with Crippen molar-refractivity contribution in [2.24, 2.45) is 0 Å². The standard InChI is InChI=1S/C11H21IN2OSi/c1-9-10(2)14(13-11(9)12)8-15-6-7-16(3,4)5/h6-8H2,1-5H3. The molecular weight excluding hydrogens is 331 g/mol. The highest BCUT2D eigenvalue weighted by molar-refractivity contribution is 14.1. The van der Waals surface area contributed by atoms with Gasteiger partial charge in [0.15, 0.2) is 0 Å². The van der Waals surface area contributed by atoms with Gasteiger partial charge in [-0.3, -0.25) is 0 Å². The minimum Gasteiger partial charge on any atom is -0.360 e. The van der Waals surface area contributed by atoms with Crippen molar-refractivity contribution >= 4 is 30.7 Å². The number of hydrogen-bond donors (Lipinski definition) is 0. The minimum absolute atomic E-state index is 0.583. The average molecular weight is 352 g/mol. The van der Waals surface area contributed by atoms with E-state index >= 15 is 0 Å². The van der Waals surface area contributed by atoms with Crippen LogP contribution in [0.4, 0.5) is 0 Å². The molecule has 1 aromatic rings. The molecule has 0 aromatic carbocycles. The normalized spacial score (nSPS) is 12.1. The highest BCUT2D eigenvalue weighted by Gasteiger charge is 2.12. The van der Waals surface area contributed by atoms with Gasteiger partial charge in [-0.1, -0.05) is 19.6 Å². The molecule has 0 bridgehead atoms. The third-order valence-corrected chi connectivity index (χ3v) is 5.39. The van der Waals surface area contributed by atoms with Crippen molar-refractivity contribution in [3.63, 3.8) is 0 Å². The fourth-order valence-electron chi connectivity index (χ4n) is 1.25. The summed E-state index contributed by atoms with van der Waals surface area (Å²) in [4.78, 5) is 0. The molecule has 3 nitrogen and oxygen atoms in total. The molecule has 0 unspecified atom stereocenters. The molecule has 0 saturated heterocycles. The first-order chi connectivity index (χ1) is 7.31. The summed E-state index contributed by atoms with van der Waals surface area (Å²) in [5, 5.41) is 4.43. The van der Waals surface area contributed by atoms with Crippen molar-refractivity contribution in [2.45, 2.75) is 46.3 Å². The summed E-state index contributed by atoms with van der Waals surface area (Å²) in [5.41, 5.74) is 2.46. The molecule has 0 amide bonds. The van der Waals surface area contributed by atoms with E-state index in [1.807, 2.05) is 4.68 Å². The maximum Gasteiger partial charge on any atom is 0.139 e. The van der Waals surface area contributed by atoms with E-state index in [0.717, 1.165) is 10.3 Å². The number of rotatable bonds is 5. The molecule has 0 fully saturated rings. The van der Waals surface area contributed by atoms with Crippen LogP contribution >= 0.6 is 22.6 Å². The molecule has 0 radical (unpaired) electrons. The predicted octanol–water partition coefficient (Wildman–Crippen LogP) is 3.42. The second-order valence-corrected chi connectivity index (χ2v) is 12.0. The van der Waals surface area contributed by atoms with Crippen molar-refractivity contribution in [3.05, 3.63) is 15.0 Å². The molecule has 16 heavy (non-hydrogen) atoms. The van der Waals surface area contributed by atoms with Gasteiger partial charge in [0, 0.05) is 25.9 Å². The number of halogens is 1. The lowest BCUT2D eigenvalue weighted by Crippen LogP contribution is -2.22. The first kappa shape index (κ1) is 14.2. The molecule has 0 N–H and O–H groups in total. The van der Waals surface area contributed by atoms with Crippen LogP contribution in [0.1, 0.15) is 11.3 Å². The maximum absolute atomic E-state index is 5.68. The lowest BCUT2D eigenvalue weighted by atomic mass is 10.3. The van der Waals surface area contributed by atoms with E-state index in [-0.39, 0.29) is 0 Å². The van der Waals surface area contributed by atoms with E-state index < -0.39 is 8.07 Å². The van der Waals surface area contributed by atoms with Gasteiger partial charge in [-0.25, -0.2) is 4.68 Å². The van der Waals surface area contributed by atoms with Crippen LogP contribution in [-0.4, -0.2) is 24.5 Å². The molecule has 0 atom stereocenters. The van der Waals surface area contributed by atoms with Gasteiger partial charge < -0.3 is 4.74 Å². The zero-order chi connectivity index (χ0) is 12.3. The fraction of sp³-hybridized carbons (Fsp3) is 0.727. The van der Waals surface area contributed by atoms with Gasteiger partial charge in [-0.15, -0.1) is 0 Å². The third-order valence-electron chi connectivity index (χ3n) is 2.66. The van der Waals surface area contributed by atoms with Crippen LogP contribution in [0, 0.1) is 17.5 Å². The maximum atomic E-state index is 5.68. The quantitative estimate of drug-likeness (QED) is 0.461. The van der Waals surface area contributed by atoms with Gasteiger partial charge in [0.05, 0.1) is 0 Å². The van der Waals surface area contributed by atoms with Crippen LogP contribution in [0.25, 0.3) is 0 Å². The van der Waals surface area contributed by atoms with E-state index in [2.05, 4.69) is 61.2 Å². The second-order valence-electron chi connectivity index (χ2n) is 5.35. The fourth-order valence-corrected chi connectivity index (χ4v) is 2.66. The Labute approximate surface area is 113 Å². The van der Waals surface area contributed by atoms with Crippen molar-refractivity contribution in [1.82, 2.24) is 9.78 Å². The number of nitrogens with zero attached hydrogens (tertiary/aromatic N) is 2. The zero-order valence-corrected chi connectivity index (χ0v) is 14.0. The van der Waals surface area contributed by atoms with Crippen LogP contribution in [0.15, 0.2) is 0 Å². The van der Waals surface area contributed by atoms with E-state index in [1.54, 1.807) is 0 Å². The smallest absolute Gasteiger partial charge is 0.139 e. The average Bonchev–Trinajstić information content (AvgIpc) is 2.40. The molecule has 92 valence electrons. The van der Waals surface area contributed by atoms with E-state index in [0.29, 0.717) is 6.73 Å². The Balaban J connectivity index is 2.41. The van der Waals surface area contributed by atoms with Crippen molar-refractivity contribution in [1.29, 1.82) is 0 Å². The lowest BCUT2D eigenvalue weighted by Gasteiger charge is -2.15. The molecule has 0 aliphatic rings. The van der Waals surface area contributed by atoms with E-state index in [4.69, 9.17) is 4.74 Å². The molecule has 0 saturated carbocycles. The Bertz CT molecular complexity index is 358. The molecular formula is C11H21IN2OSi. The summed E-state index contributed by atoms with van der Waals surface area (Å²) in [7, 11) is -0.971. The Morgan fingerprint density at radius 1 is 1.31 bits per heavy atom. The van der Waals surface area contributed by atoms with Gasteiger partial charge in [0.1, 0.15) is 10.4 Å². The molecule has 1 heterocycles. The van der Waals surface area contributed by atoms with Crippen molar-refractivity contribution in [2.75, 3.05) is 6.61 Å². The van der Waals surface area contributed by atoms with Gasteiger partial charge in [-0.2, -0.15) is 5.10 Å². The van der Waals surface area contributed by atoms with Crippen molar-refractivity contribution < 1.29 is 4.74 Å². The Morgan fingerprint density at radius 3 is 2.38 bits per heavy atom. The first-order valence-electron chi connectivity index (χ1n) is 5.58. The van der Waals surface area contributed by atoms with Gasteiger partial charge >= 0.3 is 0 Å². The largest absolute Gasteiger partial charge is 0.360 e. The summed E-state index contributed by atoms with van der Waals surface area (Å²) in [6, 6.07) is 1.21.